The lowest BCUT2D eigenvalue weighted by molar-refractivity contribution is 0.0600. The van der Waals surface area contributed by atoms with Gasteiger partial charge in [0, 0.05) is 37.7 Å². The maximum Gasteiger partial charge on any atom is 0.339 e. The van der Waals surface area contributed by atoms with Crippen LogP contribution in [0.2, 0.25) is 10.0 Å². The molecule has 2 aromatic carbocycles. The van der Waals surface area contributed by atoms with Crippen molar-refractivity contribution >= 4 is 34.9 Å². The largest absolute Gasteiger partial charge is 0.465 e. The zero-order valence-corrected chi connectivity index (χ0v) is 24.1. The Kier molecular flexibility index (Phi) is 13.2. The minimum absolute atomic E-state index is 0.310. The minimum Gasteiger partial charge on any atom is -0.465 e. The van der Waals surface area contributed by atoms with E-state index in [1.54, 1.807) is 24.4 Å². The summed E-state index contributed by atoms with van der Waals surface area (Å²) in [5.74, 6) is 5.46. The molecule has 0 amide bonds. The Morgan fingerprint density at radius 3 is 2.52 bits per heavy atom. The van der Waals surface area contributed by atoms with Gasteiger partial charge in [0.1, 0.15) is 6.61 Å². The molecule has 9 heteroatoms. The van der Waals surface area contributed by atoms with Crippen molar-refractivity contribution in [2.24, 2.45) is 0 Å². The zero-order valence-electron chi connectivity index (χ0n) is 22.6. The molecule has 40 heavy (non-hydrogen) atoms. The highest BCUT2D eigenvalue weighted by atomic mass is 35.5. The van der Waals surface area contributed by atoms with Crippen molar-refractivity contribution in [3.63, 3.8) is 0 Å². The smallest absolute Gasteiger partial charge is 0.339 e. The lowest BCUT2D eigenvalue weighted by atomic mass is 10.1. The minimum atomic E-state index is -0.743. The molecule has 1 atom stereocenters. The van der Waals surface area contributed by atoms with Gasteiger partial charge in [-0.15, -0.1) is 0 Å². The number of nitrogen functional groups attached to an aromatic ring is 1. The molecule has 3 aromatic rings. The molecule has 0 radical (unpaired) electrons. The molecule has 3 rings (SSSR count). The fourth-order valence-corrected chi connectivity index (χ4v) is 4.62. The topological polar surface area (TPSA) is 97.9 Å². The second kappa shape index (κ2) is 16.9. The summed E-state index contributed by atoms with van der Waals surface area (Å²) in [5.41, 5.74) is 9.01. The van der Waals surface area contributed by atoms with Gasteiger partial charge in [0.25, 0.3) is 0 Å². The number of anilines is 1. The molecule has 1 heterocycles. The quantitative estimate of drug-likeness (QED) is 0.105. The van der Waals surface area contributed by atoms with Crippen LogP contribution in [-0.2, 0) is 16.0 Å². The van der Waals surface area contributed by atoms with Gasteiger partial charge in [0.05, 0.1) is 34.5 Å². The average Bonchev–Trinajstić information content (AvgIpc) is 2.96. The van der Waals surface area contributed by atoms with E-state index in [0.717, 1.165) is 38.8 Å². The van der Waals surface area contributed by atoms with E-state index in [1.165, 1.54) is 18.9 Å². The number of methoxy groups -OCH3 is 1. The molecule has 0 aliphatic heterocycles. The molecular weight excluding hydrogens is 549 g/mol. The number of halogens is 2. The van der Waals surface area contributed by atoms with Gasteiger partial charge in [-0.3, -0.25) is 9.88 Å². The Hall–Kier alpha value is -3.12. The fraction of sp³-hybridized carbons (Fsp3) is 0.355. The van der Waals surface area contributed by atoms with Crippen LogP contribution in [0.1, 0.15) is 58.8 Å². The van der Waals surface area contributed by atoms with Gasteiger partial charge in [-0.1, -0.05) is 78.2 Å². The van der Waals surface area contributed by atoms with Gasteiger partial charge in [0.2, 0.25) is 0 Å². The number of ether oxygens (including phenoxy) is 2. The van der Waals surface area contributed by atoms with Crippen LogP contribution >= 0.6 is 23.2 Å². The van der Waals surface area contributed by atoms with Gasteiger partial charge >= 0.3 is 5.97 Å². The molecule has 3 N–H and O–H groups in total. The third kappa shape index (κ3) is 10.5. The number of benzene rings is 2. The number of pyridine rings is 1. The number of esters is 1. The Labute approximate surface area is 246 Å². The molecular formula is C31H35Cl2N3O4. The molecule has 7 nitrogen and oxygen atoms in total. The van der Waals surface area contributed by atoms with Crippen molar-refractivity contribution in [3.8, 4) is 11.8 Å². The Morgan fingerprint density at radius 2 is 1.80 bits per heavy atom. The number of aliphatic hydroxyl groups is 1. The number of aromatic nitrogens is 1. The first-order valence-corrected chi connectivity index (χ1v) is 13.9. The first kappa shape index (κ1) is 31.4. The van der Waals surface area contributed by atoms with Gasteiger partial charge in [-0.25, -0.2) is 4.79 Å². The highest BCUT2D eigenvalue weighted by Crippen LogP contribution is 2.31. The molecule has 1 aromatic heterocycles. The van der Waals surface area contributed by atoms with Crippen LogP contribution in [0.25, 0.3) is 0 Å². The Morgan fingerprint density at radius 1 is 1.07 bits per heavy atom. The third-order valence-electron chi connectivity index (χ3n) is 6.25. The maximum absolute atomic E-state index is 11.6. The third-order valence-corrected chi connectivity index (χ3v) is 6.87. The fourth-order valence-electron chi connectivity index (χ4n) is 4.11. The Balaban J connectivity index is 1.40. The van der Waals surface area contributed by atoms with E-state index in [1.807, 2.05) is 18.2 Å². The monoisotopic (exact) mass is 583 g/mol. The number of rotatable bonds is 14. The summed E-state index contributed by atoms with van der Waals surface area (Å²) < 4.78 is 10.3. The van der Waals surface area contributed by atoms with E-state index in [-0.39, 0.29) is 0 Å². The van der Waals surface area contributed by atoms with E-state index in [0.29, 0.717) is 52.2 Å². The first-order valence-electron chi connectivity index (χ1n) is 13.2. The van der Waals surface area contributed by atoms with Crippen molar-refractivity contribution in [1.29, 1.82) is 0 Å². The predicted molar refractivity (Wildman–Crippen MR) is 159 cm³/mol. The lowest BCUT2D eigenvalue weighted by Crippen LogP contribution is -2.29. The van der Waals surface area contributed by atoms with Crippen LogP contribution in [0, 0.1) is 11.8 Å². The number of hydrogen-bond acceptors (Lipinski definition) is 7. The number of nitrogens with two attached hydrogens (primary N) is 1. The summed E-state index contributed by atoms with van der Waals surface area (Å²) in [6.07, 6.45) is 6.30. The van der Waals surface area contributed by atoms with Gasteiger partial charge in [-0.05, 0) is 48.7 Å². The van der Waals surface area contributed by atoms with Crippen LogP contribution in [0.15, 0.2) is 60.9 Å². The normalized spacial score (nSPS) is 11.6. The summed E-state index contributed by atoms with van der Waals surface area (Å²) in [5, 5.41) is 11.6. The summed E-state index contributed by atoms with van der Waals surface area (Å²) in [6.45, 7) is 2.96. The summed E-state index contributed by atoms with van der Waals surface area (Å²) in [7, 11) is 1.33. The van der Waals surface area contributed by atoms with Crippen molar-refractivity contribution < 1.29 is 19.4 Å². The summed E-state index contributed by atoms with van der Waals surface area (Å²) >= 11 is 12.4. The van der Waals surface area contributed by atoms with Gasteiger partial charge < -0.3 is 20.3 Å². The molecule has 0 saturated carbocycles. The highest BCUT2D eigenvalue weighted by Gasteiger charge is 2.17. The standard InChI is InChI=1S/C31H35Cl2N3O4/c1-39-31(38)26-16-24(19-35-20-26)12-9-15-40-14-8-3-2-7-13-36(21-23-10-5-4-6-11-23)22-29(37)25-17-27(32)30(34)28(33)18-25/h4-6,10-11,16-20,29,37H,2-3,7-8,13-15,21-22,34H2,1H3. The lowest BCUT2D eigenvalue weighted by Gasteiger charge is -2.26. The number of carbonyl (C=O) groups is 1. The molecule has 0 fully saturated rings. The van der Waals surface area contributed by atoms with E-state index < -0.39 is 12.1 Å². The highest BCUT2D eigenvalue weighted by molar-refractivity contribution is 6.38. The van der Waals surface area contributed by atoms with Gasteiger partial charge in [-0.2, -0.15) is 0 Å². The average molecular weight is 585 g/mol. The van der Waals surface area contributed by atoms with Crippen LogP contribution in [0.5, 0.6) is 0 Å². The van der Waals surface area contributed by atoms with Crippen LogP contribution < -0.4 is 5.73 Å². The SMILES string of the molecule is COC(=O)c1cncc(C#CCOCCCCCCN(Cc2ccccc2)CC(O)c2cc(Cl)c(N)c(Cl)c2)c1. The van der Waals surface area contributed by atoms with E-state index in [2.05, 4.69) is 33.9 Å². The van der Waals surface area contributed by atoms with Gasteiger partial charge in [0.15, 0.2) is 0 Å². The molecule has 212 valence electrons. The van der Waals surface area contributed by atoms with Crippen molar-refractivity contribution in [3.05, 3.63) is 93.2 Å². The second-order valence-corrected chi connectivity index (χ2v) is 10.2. The van der Waals surface area contributed by atoms with E-state index in [4.69, 9.17) is 38.4 Å². The number of unbranched alkanes of at least 4 members (excludes halogenated alkanes) is 3. The maximum atomic E-state index is 11.6. The first-order chi connectivity index (χ1) is 19.4. The molecule has 0 saturated heterocycles. The molecule has 0 spiro atoms. The molecule has 0 aliphatic carbocycles. The Bertz CT molecular complexity index is 1270. The van der Waals surface area contributed by atoms with Crippen LogP contribution in [0.4, 0.5) is 5.69 Å². The van der Waals surface area contributed by atoms with Crippen molar-refractivity contribution in [2.45, 2.75) is 38.3 Å². The predicted octanol–water partition coefficient (Wildman–Crippen LogP) is 5.92. The summed E-state index contributed by atoms with van der Waals surface area (Å²) in [4.78, 5) is 17.8. The van der Waals surface area contributed by atoms with Crippen molar-refractivity contribution in [2.75, 3.05) is 39.1 Å². The molecule has 1 unspecified atom stereocenters. The van der Waals surface area contributed by atoms with Crippen LogP contribution in [-0.4, -0.2) is 54.4 Å². The van der Waals surface area contributed by atoms with E-state index in [9.17, 15) is 9.90 Å². The number of nitrogens with zero attached hydrogens (tertiary/aromatic N) is 2. The molecule has 0 aliphatic rings. The van der Waals surface area contributed by atoms with Crippen LogP contribution in [0.3, 0.4) is 0 Å². The molecule has 0 bridgehead atoms. The number of aliphatic hydroxyl groups excluding tert-OH is 1. The van der Waals surface area contributed by atoms with Crippen molar-refractivity contribution in [1.82, 2.24) is 9.88 Å². The number of carbonyl (C=O) groups excluding carboxylic acids is 1. The second-order valence-electron chi connectivity index (χ2n) is 9.36. The zero-order chi connectivity index (χ0) is 28.7. The van der Waals surface area contributed by atoms with E-state index >= 15 is 0 Å². The summed E-state index contributed by atoms with van der Waals surface area (Å²) in [6, 6.07) is 15.2. The number of hydrogen-bond donors (Lipinski definition) is 2.